The maximum absolute atomic E-state index is 9.64. The summed E-state index contributed by atoms with van der Waals surface area (Å²) in [5.41, 5.74) is 6.07. The summed E-state index contributed by atoms with van der Waals surface area (Å²) in [5.74, 6) is 0. The Morgan fingerprint density at radius 1 is 1.18 bits per heavy atom. The molecule has 138 valence electrons. The molecule has 0 fully saturated rings. The molecule has 0 spiro atoms. The van der Waals surface area contributed by atoms with Crippen LogP contribution in [0.4, 0.5) is 0 Å². The normalized spacial score (nSPS) is 11.7. The zero-order chi connectivity index (χ0) is 19.7. The molecule has 0 saturated heterocycles. The van der Waals surface area contributed by atoms with Crippen LogP contribution in [0.15, 0.2) is 64.7 Å². The van der Waals surface area contributed by atoms with Gasteiger partial charge in [0.2, 0.25) is 0 Å². The van der Waals surface area contributed by atoms with Gasteiger partial charge in [0.05, 0.1) is 15.9 Å². The van der Waals surface area contributed by atoms with E-state index in [0.29, 0.717) is 15.1 Å². The minimum atomic E-state index is 0.579. The molecule has 0 amide bonds. The lowest BCUT2D eigenvalue weighted by molar-refractivity contribution is 0.964. The summed E-state index contributed by atoms with van der Waals surface area (Å²) in [6.45, 7) is 4.10. The second kappa shape index (κ2) is 7.59. The van der Waals surface area contributed by atoms with Gasteiger partial charge < -0.3 is 9.55 Å². The van der Waals surface area contributed by atoms with E-state index in [2.05, 4.69) is 33.6 Å². The van der Waals surface area contributed by atoms with Crippen LogP contribution in [0.2, 0.25) is 5.02 Å². The molecule has 4 aromatic rings. The van der Waals surface area contributed by atoms with Crippen molar-refractivity contribution in [3.8, 4) is 11.8 Å². The monoisotopic (exact) mass is 404 g/mol. The van der Waals surface area contributed by atoms with E-state index >= 15 is 0 Å². The van der Waals surface area contributed by atoms with Crippen molar-refractivity contribution < 1.29 is 0 Å². The van der Waals surface area contributed by atoms with Crippen LogP contribution < -0.4 is 0 Å². The Labute approximate surface area is 172 Å². The second-order valence-corrected chi connectivity index (χ2v) is 7.89. The molecule has 0 atom stereocenters. The molecule has 0 aliphatic heterocycles. The number of nitrogens with one attached hydrogen (secondary N) is 1. The van der Waals surface area contributed by atoms with E-state index < -0.39 is 0 Å². The Balaban J connectivity index is 1.67. The van der Waals surface area contributed by atoms with Crippen LogP contribution in [-0.4, -0.2) is 14.5 Å². The summed E-state index contributed by atoms with van der Waals surface area (Å²) in [6.07, 6.45) is 1.91. The predicted octanol–water partition coefficient (Wildman–Crippen LogP) is 6.28. The highest BCUT2D eigenvalue weighted by Crippen LogP contribution is 2.30. The van der Waals surface area contributed by atoms with E-state index in [9.17, 15) is 5.26 Å². The van der Waals surface area contributed by atoms with Crippen LogP contribution in [0.1, 0.15) is 17.0 Å². The van der Waals surface area contributed by atoms with Crippen molar-refractivity contribution in [2.45, 2.75) is 19.0 Å². The van der Waals surface area contributed by atoms with Crippen molar-refractivity contribution in [2.24, 2.45) is 0 Å². The number of aromatic amines is 1. The van der Waals surface area contributed by atoms with Gasteiger partial charge in [-0.25, -0.2) is 4.98 Å². The topological polar surface area (TPSA) is 57.4 Å². The van der Waals surface area contributed by atoms with Crippen LogP contribution in [-0.2, 0) is 0 Å². The lowest BCUT2D eigenvalue weighted by Gasteiger charge is -2.09. The van der Waals surface area contributed by atoms with Gasteiger partial charge in [0.25, 0.3) is 0 Å². The van der Waals surface area contributed by atoms with Gasteiger partial charge in [-0.3, -0.25) is 0 Å². The number of para-hydroxylation sites is 2. The minimum absolute atomic E-state index is 0.579. The van der Waals surface area contributed by atoms with Crippen LogP contribution >= 0.6 is 23.4 Å². The third-order valence-corrected chi connectivity index (χ3v) is 5.59. The third-order valence-electron chi connectivity index (χ3n) is 4.53. The molecule has 0 aliphatic rings. The van der Waals surface area contributed by atoms with E-state index in [0.717, 1.165) is 33.7 Å². The lowest BCUT2D eigenvalue weighted by Crippen LogP contribution is -1.98. The number of rotatable bonds is 4. The zero-order valence-electron chi connectivity index (χ0n) is 15.4. The van der Waals surface area contributed by atoms with Crippen LogP contribution in [0.25, 0.3) is 22.8 Å². The summed E-state index contributed by atoms with van der Waals surface area (Å²) in [5, 5.41) is 11.1. The number of fused-ring (bicyclic) bond motifs is 1. The maximum atomic E-state index is 9.64. The maximum Gasteiger partial charge on any atom is 0.171 e. The SMILES string of the molecule is Cc1cc(/C=C(\C#N)Sc2nc3ccccc3[nH]2)c(C)n1-c1ccc(Cl)cc1. The predicted molar refractivity (Wildman–Crippen MR) is 116 cm³/mol. The van der Waals surface area contributed by atoms with Crippen molar-refractivity contribution in [1.82, 2.24) is 14.5 Å². The standard InChI is InChI=1S/C22H17ClN4S/c1-14-11-16(15(2)27(14)18-9-7-17(23)8-10-18)12-19(13-24)28-22-25-20-5-3-4-6-21(20)26-22/h3-12H,1-2H3,(H,25,26)/b19-12+. The largest absolute Gasteiger partial charge is 0.333 e. The quantitative estimate of drug-likeness (QED) is 0.321. The first-order valence-electron chi connectivity index (χ1n) is 8.74. The van der Waals surface area contributed by atoms with Crippen LogP contribution in [0.3, 0.4) is 0 Å². The summed E-state index contributed by atoms with van der Waals surface area (Å²) < 4.78 is 2.16. The summed E-state index contributed by atoms with van der Waals surface area (Å²) in [7, 11) is 0. The van der Waals surface area contributed by atoms with Crippen molar-refractivity contribution >= 4 is 40.5 Å². The summed E-state index contributed by atoms with van der Waals surface area (Å²) in [6, 6.07) is 19.9. The molecule has 2 heterocycles. The van der Waals surface area contributed by atoms with E-state index in [1.807, 2.05) is 61.5 Å². The molecule has 1 N–H and O–H groups in total. The first-order chi connectivity index (χ1) is 13.5. The first kappa shape index (κ1) is 18.4. The fourth-order valence-electron chi connectivity index (χ4n) is 3.23. The number of nitrogens with zero attached hydrogens (tertiary/aromatic N) is 3. The molecule has 2 aromatic carbocycles. The molecular weight excluding hydrogens is 388 g/mol. The number of allylic oxidation sites excluding steroid dienone is 1. The van der Waals surface area contributed by atoms with Gasteiger partial charge in [-0.1, -0.05) is 23.7 Å². The van der Waals surface area contributed by atoms with Gasteiger partial charge in [-0.05, 0) is 79.7 Å². The van der Waals surface area contributed by atoms with E-state index in [4.69, 9.17) is 11.6 Å². The van der Waals surface area contributed by atoms with Crippen LogP contribution in [0, 0.1) is 25.2 Å². The third kappa shape index (κ3) is 3.57. The van der Waals surface area contributed by atoms with E-state index in [1.165, 1.54) is 11.8 Å². The van der Waals surface area contributed by atoms with Gasteiger partial charge in [-0.15, -0.1) is 0 Å². The van der Waals surface area contributed by atoms with Gasteiger partial charge in [0.1, 0.15) is 6.07 Å². The number of thioether (sulfide) groups is 1. The Hall–Kier alpha value is -2.94. The molecule has 28 heavy (non-hydrogen) atoms. The highest BCUT2D eigenvalue weighted by Gasteiger charge is 2.12. The Morgan fingerprint density at radius 3 is 2.64 bits per heavy atom. The van der Waals surface area contributed by atoms with Gasteiger partial charge in [-0.2, -0.15) is 5.26 Å². The highest BCUT2D eigenvalue weighted by atomic mass is 35.5. The number of halogens is 1. The van der Waals surface area contributed by atoms with Gasteiger partial charge >= 0.3 is 0 Å². The molecule has 4 rings (SSSR count). The number of benzene rings is 2. The van der Waals surface area contributed by atoms with Crippen molar-refractivity contribution in [1.29, 1.82) is 5.26 Å². The summed E-state index contributed by atoms with van der Waals surface area (Å²) >= 11 is 7.35. The molecule has 0 radical (unpaired) electrons. The molecular formula is C22H17ClN4S. The number of aryl methyl sites for hydroxylation is 1. The molecule has 0 aliphatic carbocycles. The van der Waals surface area contributed by atoms with Crippen molar-refractivity contribution in [3.63, 3.8) is 0 Å². The number of hydrogen-bond donors (Lipinski definition) is 1. The smallest absolute Gasteiger partial charge is 0.171 e. The fraction of sp³-hybridized carbons (Fsp3) is 0.0909. The second-order valence-electron chi connectivity index (χ2n) is 6.42. The first-order valence-corrected chi connectivity index (χ1v) is 9.94. The number of hydrogen-bond acceptors (Lipinski definition) is 3. The number of H-pyrrole nitrogens is 1. The molecule has 4 nitrogen and oxygen atoms in total. The molecule has 6 heteroatoms. The zero-order valence-corrected chi connectivity index (χ0v) is 17.0. The van der Waals surface area contributed by atoms with Gasteiger partial charge in [0.15, 0.2) is 5.16 Å². The number of imidazole rings is 1. The number of aromatic nitrogens is 3. The molecule has 0 saturated carbocycles. The van der Waals surface area contributed by atoms with E-state index in [-0.39, 0.29) is 0 Å². The molecule has 0 unspecified atom stereocenters. The fourth-order valence-corrected chi connectivity index (χ4v) is 4.10. The summed E-state index contributed by atoms with van der Waals surface area (Å²) in [4.78, 5) is 8.37. The Bertz CT molecular complexity index is 1190. The average Bonchev–Trinajstić information content (AvgIpc) is 3.22. The minimum Gasteiger partial charge on any atom is -0.333 e. The van der Waals surface area contributed by atoms with Gasteiger partial charge in [0, 0.05) is 22.1 Å². The Morgan fingerprint density at radius 2 is 1.93 bits per heavy atom. The van der Waals surface area contributed by atoms with Crippen molar-refractivity contribution in [2.75, 3.05) is 0 Å². The molecule has 0 bridgehead atoms. The average molecular weight is 405 g/mol. The lowest BCUT2D eigenvalue weighted by atomic mass is 10.2. The number of nitriles is 1. The van der Waals surface area contributed by atoms with E-state index in [1.54, 1.807) is 0 Å². The Kier molecular flexibility index (Phi) is 4.99. The highest BCUT2D eigenvalue weighted by molar-refractivity contribution is 8.03. The molecule has 2 aromatic heterocycles. The van der Waals surface area contributed by atoms with Crippen molar-refractivity contribution in [3.05, 3.63) is 81.5 Å². The van der Waals surface area contributed by atoms with Crippen LogP contribution in [0.5, 0.6) is 0 Å².